The number of hydrogen-bond donors (Lipinski definition) is 2. The molecule has 1 aromatic heterocycles. The van der Waals surface area contributed by atoms with Crippen molar-refractivity contribution in [3.8, 4) is 28.1 Å². The Kier molecular flexibility index (Phi) is 7.28. The number of nitrogens with zero attached hydrogens (tertiary/aromatic N) is 1. The predicted molar refractivity (Wildman–Crippen MR) is 114 cm³/mol. The van der Waals surface area contributed by atoms with Crippen molar-refractivity contribution in [3.63, 3.8) is 0 Å². The summed E-state index contributed by atoms with van der Waals surface area (Å²) in [4.78, 5) is 19.3. The van der Waals surface area contributed by atoms with Gasteiger partial charge < -0.3 is 19.8 Å². The summed E-state index contributed by atoms with van der Waals surface area (Å²) in [5, 5.41) is 2.74. The summed E-state index contributed by atoms with van der Waals surface area (Å²) in [6.45, 7) is 2.99. The van der Waals surface area contributed by atoms with Gasteiger partial charge in [0.2, 0.25) is 0 Å². The van der Waals surface area contributed by atoms with E-state index in [2.05, 4.69) is 52.5 Å². The SMILES string of the molecule is CCCCOC(=O)NCCc1ncc(-c2ccc(-c3cccc(OC)c3)cc2)[nH]1. The second kappa shape index (κ2) is 10.3. The van der Waals surface area contributed by atoms with Crippen LogP contribution in [0.15, 0.2) is 54.7 Å². The van der Waals surface area contributed by atoms with Gasteiger partial charge in [-0.3, -0.25) is 0 Å². The number of H-pyrrole nitrogens is 1. The van der Waals surface area contributed by atoms with Crippen LogP contribution in [0.5, 0.6) is 5.75 Å². The molecule has 0 fully saturated rings. The second-order valence-electron chi connectivity index (χ2n) is 6.72. The van der Waals surface area contributed by atoms with Crippen molar-refractivity contribution in [2.24, 2.45) is 0 Å². The fraction of sp³-hybridized carbons (Fsp3) is 0.304. The molecule has 1 heterocycles. The highest BCUT2D eigenvalue weighted by molar-refractivity contribution is 5.69. The van der Waals surface area contributed by atoms with Crippen LogP contribution in [0, 0.1) is 0 Å². The molecule has 0 bridgehead atoms. The first-order valence-electron chi connectivity index (χ1n) is 9.89. The molecular weight excluding hydrogens is 366 g/mol. The molecule has 152 valence electrons. The first-order chi connectivity index (χ1) is 14.2. The third-order valence-electron chi connectivity index (χ3n) is 4.59. The highest BCUT2D eigenvalue weighted by Gasteiger charge is 2.06. The zero-order chi connectivity index (χ0) is 20.5. The average molecular weight is 393 g/mol. The van der Waals surface area contributed by atoms with Crippen LogP contribution in [0.1, 0.15) is 25.6 Å². The van der Waals surface area contributed by atoms with E-state index in [-0.39, 0.29) is 6.09 Å². The number of carbonyl (C=O) groups excluding carboxylic acids is 1. The molecule has 0 saturated carbocycles. The van der Waals surface area contributed by atoms with Crippen LogP contribution in [-0.2, 0) is 11.2 Å². The van der Waals surface area contributed by atoms with Crippen molar-refractivity contribution < 1.29 is 14.3 Å². The van der Waals surface area contributed by atoms with Gasteiger partial charge in [-0.1, -0.05) is 49.7 Å². The van der Waals surface area contributed by atoms with Gasteiger partial charge in [0.05, 0.1) is 25.6 Å². The molecular formula is C23H27N3O3. The monoisotopic (exact) mass is 393 g/mol. The maximum absolute atomic E-state index is 11.6. The van der Waals surface area contributed by atoms with Crippen LogP contribution >= 0.6 is 0 Å². The summed E-state index contributed by atoms with van der Waals surface area (Å²) in [5.74, 6) is 1.67. The predicted octanol–water partition coefficient (Wildman–Crippen LogP) is 4.82. The van der Waals surface area contributed by atoms with Crippen molar-refractivity contribution >= 4 is 6.09 Å². The minimum Gasteiger partial charge on any atom is -0.497 e. The Morgan fingerprint density at radius 3 is 2.66 bits per heavy atom. The molecule has 1 amide bonds. The Morgan fingerprint density at radius 2 is 1.90 bits per heavy atom. The maximum atomic E-state index is 11.6. The van der Waals surface area contributed by atoms with Crippen molar-refractivity contribution in [1.82, 2.24) is 15.3 Å². The van der Waals surface area contributed by atoms with Crippen LogP contribution in [0.4, 0.5) is 4.79 Å². The summed E-state index contributed by atoms with van der Waals surface area (Å²) in [6.07, 6.45) is 3.94. The minimum absolute atomic E-state index is 0.377. The molecule has 29 heavy (non-hydrogen) atoms. The van der Waals surface area contributed by atoms with Gasteiger partial charge in [0, 0.05) is 13.0 Å². The van der Waals surface area contributed by atoms with Crippen LogP contribution in [0.25, 0.3) is 22.4 Å². The molecule has 2 aromatic carbocycles. The van der Waals surface area contributed by atoms with Crippen LogP contribution < -0.4 is 10.1 Å². The van der Waals surface area contributed by atoms with Gasteiger partial charge in [0.1, 0.15) is 11.6 Å². The number of imidazole rings is 1. The lowest BCUT2D eigenvalue weighted by molar-refractivity contribution is 0.144. The topological polar surface area (TPSA) is 76.2 Å². The molecule has 0 atom stereocenters. The van der Waals surface area contributed by atoms with E-state index in [1.165, 1.54) is 0 Å². The molecule has 0 unspecified atom stereocenters. The standard InChI is InChI=1S/C23H27N3O3/c1-3-4-14-29-23(27)24-13-12-22-25-16-21(26-22)18-10-8-17(9-11-18)19-6-5-7-20(15-19)28-2/h5-11,15-16H,3-4,12-14H2,1-2H3,(H,24,27)(H,25,26). The van der Waals surface area contributed by atoms with E-state index in [9.17, 15) is 4.79 Å². The summed E-state index contributed by atoms with van der Waals surface area (Å²) < 4.78 is 10.4. The third kappa shape index (κ3) is 5.85. The normalized spacial score (nSPS) is 10.6. The zero-order valence-corrected chi connectivity index (χ0v) is 16.9. The van der Waals surface area contributed by atoms with E-state index in [1.54, 1.807) is 7.11 Å². The van der Waals surface area contributed by atoms with Crippen LogP contribution in [0.2, 0.25) is 0 Å². The molecule has 3 aromatic rings. The molecule has 6 heteroatoms. The number of hydrogen-bond acceptors (Lipinski definition) is 4. The zero-order valence-electron chi connectivity index (χ0n) is 16.9. The molecule has 0 saturated heterocycles. The number of ether oxygens (including phenoxy) is 2. The summed E-state index contributed by atoms with van der Waals surface area (Å²) >= 11 is 0. The Bertz CT molecular complexity index is 919. The number of amides is 1. The van der Waals surface area contributed by atoms with E-state index in [0.717, 1.165) is 46.8 Å². The van der Waals surface area contributed by atoms with E-state index in [1.807, 2.05) is 24.4 Å². The lowest BCUT2D eigenvalue weighted by Crippen LogP contribution is -2.27. The maximum Gasteiger partial charge on any atom is 0.407 e. The second-order valence-corrected chi connectivity index (χ2v) is 6.72. The number of unbranched alkanes of at least 4 members (excludes halogenated alkanes) is 1. The number of alkyl carbamates (subject to hydrolysis) is 1. The van der Waals surface area contributed by atoms with Crippen molar-refractivity contribution in [2.75, 3.05) is 20.3 Å². The smallest absolute Gasteiger partial charge is 0.407 e. The molecule has 6 nitrogen and oxygen atoms in total. The van der Waals surface area contributed by atoms with Gasteiger partial charge in [0.15, 0.2) is 0 Å². The Hall–Kier alpha value is -3.28. The Balaban J connectivity index is 1.55. The van der Waals surface area contributed by atoms with Gasteiger partial charge in [-0.05, 0) is 35.2 Å². The van der Waals surface area contributed by atoms with Gasteiger partial charge in [-0.2, -0.15) is 0 Å². The fourth-order valence-corrected chi connectivity index (χ4v) is 2.92. The van der Waals surface area contributed by atoms with Gasteiger partial charge in [-0.25, -0.2) is 9.78 Å². The largest absolute Gasteiger partial charge is 0.497 e. The number of nitrogens with one attached hydrogen (secondary N) is 2. The summed E-state index contributed by atoms with van der Waals surface area (Å²) in [5.41, 5.74) is 4.24. The van der Waals surface area contributed by atoms with Crippen LogP contribution in [-0.4, -0.2) is 36.3 Å². The first-order valence-corrected chi connectivity index (χ1v) is 9.89. The molecule has 0 aliphatic rings. The number of aromatic amines is 1. The van der Waals surface area contributed by atoms with E-state index in [4.69, 9.17) is 9.47 Å². The van der Waals surface area contributed by atoms with E-state index < -0.39 is 0 Å². The number of aromatic nitrogens is 2. The van der Waals surface area contributed by atoms with Crippen LogP contribution in [0.3, 0.4) is 0 Å². The molecule has 0 aliphatic carbocycles. The molecule has 2 N–H and O–H groups in total. The van der Waals surface area contributed by atoms with Crippen molar-refractivity contribution in [2.45, 2.75) is 26.2 Å². The Labute approximate surface area is 171 Å². The van der Waals surface area contributed by atoms with E-state index in [0.29, 0.717) is 19.6 Å². The highest BCUT2D eigenvalue weighted by atomic mass is 16.5. The van der Waals surface area contributed by atoms with Crippen molar-refractivity contribution in [1.29, 1.82) is 0 Å². The summed E-state index contributed by atoms with van der Waals surface area (Å²) in [6, 6.07) is 16.3. The molecule has 0 radical (unpaired) electrons. The van der Waals surface area contributed by atoms with Gasteiger partial charge >= 0.3 is 6.09 Å². The molecule has 3 rings (SSSR count). The summed E-state index contributed by atoms with van der Waals surface area (Å²) in [7, 11) is 1.67. The lowest BCUT2D eigenvalue weighted by Gasteiger charge is -2.06. The minimum atomic E-state index is -0.377. The number of rotatable bonds is 9. The quantitative estimate of drug-likeness (QED) is 0.511. The molecule has 0 spiro atoms. The first kappa shape index (κ1) is 20.5. The highest BCUT2D eigenvalue weighted by Crippen LogP contribution is 2.26. The average Bonchev–Trinajstić information content (AvgIpc) is 3.23. The Morgan fingerprint density at radius 1 is 1.10 bits per heavy atom. The number of methoxy groups -OCH3 is 1. The number of benzene rings is 2. The number of carbonyl (C=O) groups is 1. The lowest BCUT2D eigenvalue weighted by atomic mass is 10.0. The van der Waals surface area contributed by atoms with Crippen molar-refractivity contribution in [3.05, 3.63) is 60.6 Å². The van der Waals surface area contributed by atoms with E-state index >= 15 is 0 Å². The van der Waals surface area contributed by atoms with Gasteiger partial charge in [-0.15, -0.1) is 0 Å². The molecule has 0 aliphatic heterocycles. The fourth-order valence-electron chi connectivity index (χ4n) is 2.92. The van der Waals surface area contributed by atoms with Gasteiger partial charge in [0.25, 0.3) is 0 Å². The third-order valence-corrected chi connectivity index (χ3v) is 4.59.